The molecule has 6 nitrogen and oxygen atoms in total. The van der Waals surface area contributed by atoms with Gasteiger partial charge in [-0.05, 0) is 18.4 Å². The number of carbonyl (C=O) groups is 3. The number of carboxylic acids is 1. The first-order valence-corrected chi connectivity index (χ1v) is 9.44. The van der Waals surface area contributed by atoms with Crippen LogP contribution in [0.2, 0.25) is 0 Å². The molecule has 0 radical (unpaired) electrons. The van der Waals surface area contributed by atoms with Crippen LogP contribution in [-0.4, -0.2) is 45.2 Å². The number of thioether (sulfide) groups is 1. The van der Waals surface area contributed by atoms with Crippen LogP contribution in [0.4, 0.5) is 5.69 Å². The molecule has 1 N–H and O–H groups in total. The standard InChI is InChI=1S/C18H18N2O4S2/c1-10(2)7-8-19-12-6-4-3-5-11(12)14(16(19)23)15-17(24)20(9-13(21)22)18(25)26-15/h3-6,10H,7-9H2,1-2H3,(H,21,22). The first-order chi connectivity index (χ1) is 12.3. The number of rotatable bonds is 5. The van der Waals surface area contributed by atoms with E-state index in [2.05, 4.69) is 13.8 Å². The Morgan fingerprint density at radius 1 is 1.19 bits per heavy atom. The highest BCUT2D eigenvalue weighted by atomic mass is 32.2. The predicted molar refractivity (Wildman–Crippen MR) is 105 cm³/mol. The van der Waals surface area contributed by atoms with E-state index in [0.29, 0.717) is 23.6 Å². The van der Waals surface area contributed by atoms with Crippen LogP contribution in [0.1, 0.15) is 25.8 Å². The van der Waals surface area contributed by atoms with Crippen LogP contribution in [0.15, 0.2) is 29.2 Å². The van der Waals surface area contributed by atoms with Gasteiger partial charge in [0, 0.05) is 12.1 Å². The fourth-order valence-electron chi connectivity index (χ4n) is 2.93. The Bertz CT molecular complexity index is 847. The molecule has 0 aliphatic carbocycles. The number of anilines is 1. The van der Waals surface area contributed by atoms with Crippen LogP contribution < -0.4 is 4.90 Å². The van der Waals surface area contributed by atoms with Gasteiger partial charge in [-0.2, -0.15) is 0 Å². The smallest absolute Gasteiger partial charge is 0.323 e. The number of aliphatic carboxylic acids is 1. The lowest BCUT2D eigenvalue weighted by atomic mass is 10.1. The quantitative estimate of drug-likeness (QED) is 0.615. The normalized spacial score (nSPS) is 19.7. The summed E-state index contributed by atoms with van der Waals surface area (Å²) in [5.74, 6) is -1.47. The van der Waals surface area contributed by atoms with Gasteiger partial charge < -0.3 is 10.0 Å². The second-order valence-corrected chi connectivity index (χ2v) is 8.16. The molecule has 3 rings (SSSR count). The van der Waals surface area contributed by atoms with Gasteiger partial charge >= 0.3 is 5.97 Å². The monoisotopic (exact) mass is 390 g/mol. The molecule has 1 aromatic carbocycles. The Balaban J connectivity index is 2.04. The summed E-state index contributed by atoms with van der Waals surface area (Å²) in [4.78, 5) is 39.7. The van der Waals surface area contributed by atoms with Gasteiger partial charge in [-0.1, -0.05) is 56.0 Å². The van der Waals surface area contributed by atoms with Gasteiger partial charge in [0.05, 0.1) is 16.2 Å². The van der Waals surface area contributed by atoms with Crippen LogP contribution >= 0.6 is 24.0 Å². The van der Waals surface area contributed by atoms with Gasteiger partial charge in [0.1, 0.15) is 10.9 Å². The zero-order chi connectivity index (χ0) is 19.0. The van der Waals surface area contributed by atoms with Crippen molar-refractivity contribution in [2.75, 3.05) is 18.0 Å². The van der Waals surface area contributed by atoms with Crippen molar-refractivity contribution in [3.63, 3.8) is 0 Å². The fourth-order valence-corrected chi connectivity index (χ4v) is 4.26. The van der Waals surface area contributed by atoms with Gasteiger partial charge in [-0.3, -0.25) is 19.3 Å². The maximum Gasteiger partial charge on any atom is 0.323 e. The largest absolute Gasteiger partial charge is 0.480 e. The van der Waals surface area contributed by atoms with Crippen molar-refractivity contribution in [3.05, 3.63) is 34.7 Å². The summed E-state index contributed by atoms with van der Waals surface area (Å²) in [5, 5.41) is 8.98. The lowest BCUT2D eigenvalue weighted by Gasteiger charge is -2.18. The molecule has 1 aromatic rings. The fraction of sp³-hybridized carbons (Fsp3) is 0.333. The summed E-state index contributed by atoms with van der Waals surface area (Å²) in [6.45, 7) is 4.23. The molecule has 136 valence electrons. The maximum absolute atomic E-state index is 13.1. The van der Waals surface area contributed by atoms with Crippen LogP contribution in [0.3, 0.4) is 0 Å². The van der Waals surface area contributed by atoms with E-state index in [0.717, 1.165) is 28.8 Å². The van der Waals surface area contributed by atoms with Crippen molar-refractivity contribution in [2.24, 2.45) is 5.92 Å². The number of benzene rings is 1. The summed E-state index contributed by atoms with van der Waals surface area (Å²) in [6, 6.07) is 7.34. The minimum Gasteiger partial charge on any atom is -0.480 e. The Morgan fingerprint density at radius 2 is 1.88 bits per heavy atom. The molecule has 0 bridgehead atoms. The molecule has 2 aliphatic heterocycles. The highest BCUT2D eigenvalue weighted by Gasteiger charge is 2.42. The minimum atomic E-state index is -1.15. The van der Waals surface area contributed by atoms with Gasteiger partial charge in [0.25, 0.3) is 11.8 Å². The lowest BCUT2D eigenvalue weighted by Crippen LogP contribution is -2.34. The molecule has 0 atom stereocenters. The van der Waals surface area contributed by atoms with Crippen molar-refractivity contribution < 1.29 is 19.5 Å². The molecule has 2 heterocycles. The van der Waals surface area contributed by atoms with E-state index >= 15 is 0 Å². The van der Waals surface area contributed by atoms with Gasteiger partial charge in [0.2, 0.25) is 0 Å². The minimum absolute atomic E-state index is 0.158. The molecule has 26 heavy (non-hydrogen) atoms. The van der Waals surface area contributed by atoms with E-state index in [9.17, 15) is 14.4 Å². The Morgan fingerprint density at radius 3 is 2.54 bits per heavy atom. The highest BCUT2D eigenvalue weighted by molar-refractivity contribution is 8.26. The maximum atomic E-state index is 13.1. The van der Waals surface area contributed by atoms with Crippen molar-refractivity contribution >= 4 is 57.3 Å². The van der Waals surface area contributed by atoms with E-state index in [1.54, 1.807) is 4.90 Å². The molecule has 0 unspecified atom stereocenters. The average molecular weight is 390 g/mol. The molecule has 1 fully saturated rings. The average Bonchev–Trinajstić information content (AvgIpc) is 3.00. The van der Waals surface area contributed by atoms with Crippen LogP contribution in [0.5, 0.6) is 0 Å². The molecule has 1 saturated heterocycles. The summed E-state index contributed by atoms with van der Waals surface area (Å²) in [7, 11) is 0. The third-order valence-corrected chi connectivity index (χ3v) is 5.67. The molecule has 0 aromatic heterocycles. The topological polar surface area (TPSA) is 77.9 Å². The Hall–Kier alpha value is -2.19. The SMILES string of the molecule is CC(C)CCN1C(=O)C(=C2SC(=S)N(CC(=O)O)C2=O)c2ccccc21. The Kier molecular flexibility index (Phi) is 5.15. The second-order valence-electron chi connectivity index (χ2n) is 6.51. The van der Waals surface area contributed by atoms with E-state index in [-0.39, 0.29) is 15.1 Å². The third-order valence-electron chi connectivity index (χ3n) is 4.22. The predicted octanol–water partition coefficient (Wildman–Crippen LogP) is 2.74. The van der Waals surface area contributed by atoms with E-state index in [1.165, 1.54) is 0 Å². The number of hydrogen-bond acceptors (Lipinski definition) is 5. The molecule has 0 saturated carbocycles. The number of hydrogen-bond donors (Lipinski definition) is 1. The number of fused-ring (bicyclic) bond motifs is 1. The zero-order valence-electron chi connectivity index (χ0n) is 14.4. The summed E-state index contributed by atoms with van der Waals surface area (Å²) in [6.07, 6.45) is 0.841. The summed E-state index contributed by atoms with van der Waals surface area (Å²) >= 11 is 6.14. The van der Waals surface area contributed by atoms with Crippen LogP contribution in [0, 0.1) is 5.92 Å². The molecule has 2 aliphatic rings. The van der Waals surface area contributed by atoms with Crippen molar-refractivity contribution in [1.82, 2.24) is 4.90 Å². The number of carbonyl (C=O) groups excluding carboxylic acids is 2. The number of amides is 2. The number of para-hydroxylation sites is 1. The van der Waals surface area contributed by atoms with Gasteiger partial charge in [0.15, 0.2) is 0 Å². The van der Waals surface area contributed by atoms with E-state index < -0.39 is 18.4 Å². The number of thiocarbonyl (C=S) groups is 1. The first-order valence-electron chi connectivity index (χ1n) is 8.22. The third kappa shape index (κ3) is 3.26. The molecular formula is C18H18N2O4S2. The van der Waals surface area contributed by atoms with Crippen LogP contribution in [0.25, 0.3) is 5.57 Å². The van der Waals surface area contributed by atoms with Crippen molar-refractivity contribution in [2.45, 2.75) is 20.3 Å². The second kappa shape index (κ2) is 7.20. The molecule has 2 amide bonds. The van der Waals surface area contributed by atoms with Crippen molar-refractivity contribution in [3.8, 4) is 0 Å². The van der Waals surface area contributed by atoms with Crippen molar-refractivity contribution in [1.29, 1.82) is 0 Å². The zero-order valence-corrected chi connectivity index (χ0v) is 16.0. The first kappa shape index (κ1) is 18.6. The molecular weight excluding hydrogens is 372 g/mol. The summed E-state index contributed by atoms with van der Waals surface area (Å²) < 4.78 is 0.158. The summed E-state index contributed by atoms with van der Waals surface area (Å²) in [5.41, 5.74) is 1.78. The number of carboxylic acid groups (broad SMARTS) is 1. The molecule has 8 heteroatoms. The highest BCUT2D eigenvalue weighted by Crippen LogP contribution is 2.44. The van der Waals surface area contributed by atoms with E-state index in [4.69, 9.17) is 17.3 Å². The lowest BCUT2D eigenvalue weighted by molar-refractivity contribution is -0.140. The van der Waals surface area contributed by atoms with E-state index in [1.807, 2.05) is 24.3 Å². The van der Waals surface area contributed by atoms with Crippen LogP contribution in [-0.2, 0) is 14.4 Å². The number of nitrogens with zero attached hydrogens (tertiary/aromatic N) is 2. The molecule has 0 spiro atoms. The Labute approximate surface area is 160 Å². The van der Waals surface area contributed by atoms with Gasteiger partial charge in [-0.15, -0.1) is 0 Å². The van der Waals surface area contributed by atoms with Gasteiger partial charge in [-0.25, -0.2) is 0 Å².